The number of carbonyl (C=O) groups excluding carboxylic acids is 1. The van der Waals surface area contributed by atoms with Gasteiger partial charge in [-0.25, -0.2) is 4.79 Å². The summed E-state index contributed by atoms with van der Waals surface area (Å²) < 4.78 is 1.70. The van der Waals surface area contributed by atoms with Crippen molar-refractivity contribution in [1.82, 2.24) is 25.2 Å². The average molecular weight is 377 g/mol. The number of hydrogen-bond donors (Lipinski definition) is 1. The zero-order valence-corrected chi connectivity index (χ0v) is 16.2. The molecule has 1 saturated heterocycles. The molecule has 1 aromatic carbocycles. The smallest absolute Gasteiger partial charge is 0.317 e. The molecule has 1 aromatic heterocycles. The van der Waals surface area contributed by atoms with E-state index in [1.54, 1.807) is 9.58 Å². The summed E-state index contributed by atoms with van der Waals surface area (Å²) in [6.07, 6.45) is 3.92. The van der Waals surface area contributed by atoms with Crippen LogP contribution in [0.5, 0.6) is 0 Å². The monoisotopic (exact) mass is 376 g/mol. The van der Waals surface area contributed by atoms with Gasteiger partial charge in [0.15, 0.2) is 5.82 Å². The Balaban J connectivity index is 1.56. The van der Waals surface area contributed by atoms with Gasteiger partial charge < -0.3 is 15.1 Å². The number of piperidine rings is 1. The number of rotatable bonds is 4. The maximum absolute atomic E-state index is 12.6. The first-order valence-electron chi connectivity index (χ1n) is 8.81. The Labute approximate surface area is 158 Å². The first-order chi connectivity index (χ1) is 12.4. The minimum atomic E-state index is -0.0661. The van der Waals surface area contributed by atoms with E-state index in [2.05, 4.69) is 20.5 Å². The summed E-state index contributed by atoms with van der Waals surface area (Å²) >= 11 is 6.05. The lowest BCUT2D eigenvalue weighted by Gasteiger charge is -2.37. The third-order valence-corrected chi connectivity index (χ3v) is 5.27. The molecule has 0 bridgehead atoms. The van der Waals surface area contributed by atoms with E-state index in [9.17, 15) is 4.79 Å². The van der Waals surface area contributed by atoms with E-state index in [-0.39, 0.29) is 12.1 Å². The Morgan fingerprint density at radius 1 is 1.46 bits per heavy atom. The first-order valence-corrected chi connectivity index (χ1v) is 9.19. The third kappa shape index (κ3) is 4.27. The van der Waals surface area contributed by atoms with Gasteiger partial charge in [-0.2, -0.15) is 0 Å². The number of anilines is 1. The summed E-state index contributed by atoms with van der Waals surface area (Å²) in [6.45, 7) is 4.15. The number of nitrogens with one attached hydrogen (secondary N) is 1. The molecule has 2 amide bonds. The molecule has 1 atom stereocenters. The van der Waals surface area contributed by atoms with E-state index in [0.717, 1.165) is 47.9 Å². The van der Waals surface area contributed by atoms with Gasteiger partial charge in [0.2, 0.25) is 0 Å². The molecule has 1 aliphatic heterocycles. The number of likely N-dealkylation sites (N-methyl/N-ethyl adjacent to an activating group) is 1. The summed E-state index contributed by atoms with van der Waals surface area (Å²) in [5.74, 6) is 0.864. The van der Waals surface area contributed by atoms with E-state index < -0.39 is 0 Å². The molecular formula is C18H25ClN6O. The van der Waals surface area contributed by atoms with Crippen molar-refractivity contribution < 1.29 is 4.79 Å². The summed E-state index contributed by atoms with van der Waals surface area (Å²) in [7, 11) is 3.71. The number of carbonyl (C=O) groups is 1. The Kier molecular flexibility index (Phi) is 5.66. The molecule has 0 spiro atoms. The van der Waals surface area contributed by atoms with Crippen LogP contribution in [0.2, 0.25) is 5.02 Å². The highest BCUT2D eigenvalue weighted by atomic mass is 35.5. The predicted molar refractivity (Wildman–Crippen MR) is 102 cm³/mol. The lowest BCUT2D eigenvalue weighted by Crippen LogP contribution is -2.51. The Morgan fingerprint density at radius 3 is 2.96 bits per heavy atom. The zero-order valence-electron chi connectivity index (χ0n) is 15.4. The van der Waals surface area contributed by atoms with E-state index >= 15 is 0 Å². The van der Waals surface area contributed by atoms with Gasteiger partial charge >= 0.3 is 6.03 Å². The van der Waals surface area contributed by atoms with Gasteiger partial charge in [0.1, 0.15) is 0 Å². The summed E-state index contributed by atoms with van der Waals surface area (Å²) in [5, 5.41) is 11.9. The van der Waals surface area contributed by atoms with Crippen LogP contribution in [0, 0.1) is 6.92 Å². The molecule has 1 aliphatic rings. The van der Waals surface area contributed by atoms with E-state index in [1.807, 2.05) is 45.4 Å². The molecule has 7 nitrogen and oxygen atoms in total. The van der Waals surface area contributed by atoms with Crippen LogP contribution in [0.25, 0.3) is 0 Å². The fourth-order valence-electron chi connectivity index (χ4n) is 3.24. The van der Waals surface area contributed by atoms with Crippen molar-refractivity contribution >= 4 is 23.4 Å². The number of halogens is 1. The molecule has 140 valence electrons. The predicted octanol–water partition coefficient (Wildman–Crippen LogP) is 2.59. The molecule has 0 aliphatic carbocycles. The molecule has 2 heterocycles. The van der Waals surface area contributed by atoms with E-state index in [0.29, 0.717) is 6.54 Å². The number of benzene rings is 1. The highest BCUT2D eigenvalue weighted by molar-refractivity contribution is 6.31. The molecule has 0 unspecified atom stereocenters. The second-order valence-electron chi connectivity index (χ2n) is 6.85. The SMILES string of the molecule is Cc1cc(CNC(=O)N(C)[C@@H]2CCCN(c3cn(C)nn3)C2)ccc1Cl. The number of hydrogen-bond acceptors (Lipinski definition) is 4. The van der Waals surface area contributed by atoms with Crippen molar-refractivity contribution in [2.75, 3.05) is 25.0 Å². The van der Waals surface area contributed by atoms with Crippen molar-refractivity contribution in [3.63, 3.8) is 0 Å². The number of nitrogens with zero attached hydrogens (tertiary/aromatic N) is 5. The number of amides is 2. The quantitative estimate of drug-likeness (QED) is 0.890. The lowest BCUT2D eigenvalue weighted by molar-refractivity contribution is 0.182. The van der Waals surface area contributed by atoms with Crippen molar-refractivity contribution in [3.8, 4) is 0 Å². The van der Waals surface area contributed by atoms with Gasteiger partial charge in [0.05, 0.1) is 12.2 Å². The maximum atomic E-state index is 12.6. The second kappa shape index (κ2) is 7.95. The molecule has 8 heteroatoms. The van der Waals surface area contributed by atoms with Crippen LogP contribution in [0.3, 0.4) is 0 Å². The summed E-state index contributed by atoms with van der Waals surface area (Å²) in [6, 6.07) is 5.88. The van der Waals surface area contributed by atoms with Crippen LogP contribution in [0.1, 0.15) is 24.0 Å². The van der Waals surface area contributed by atoms with Crippen LogP contribution in [0.4, 0.5) is 10.6 Å². The zero-order chi connectivity index (χ0) is 18.7. The molecule has 1 N–H and O–H groups in total. The molecule has 2 aromatic rings. The van der Waals surface area contributed by atoms with Gasteiger partial charge in [-0.05, 0) is 37.0 Å². The summed E-state index contributed by atoms with van der Waals surface area (Å²) in [4.78, 5) is 16.5. The van der Waals surface area contributed by atoms with Crippen molar-refractivity contribution in [2.24, 2.45) is 7.05 Å². The summed E-state index contributed by atoms with van der Waals surface area (Å²) in [5.41, 5.74) is 2.05. The van der Waals surface area contributed by atoms with E-state index in [1.165, 1.54) is 0 Å². The standard InChI is InChI=1S/C18H25ClN6O/c1-13-9-14(6-7-16(13)19)10-20-18(26)24(3)15-5-4-8-25(11-15)17-12-23(2)22-21-17/h6-7,9,12,15H,4-5,8,10-11H2,1-3H3,(H,20,26)/t15-/m1/s1. The molecule has 3 rings (SSSR count). The maximum Gasteiger partial charge on any atom is 0.317 e. The van der Waals surface area contributed by atoms with E-state index in [4.69, 9.17) is 11.6 Å². The second-order valence-corrected chi connectivity index (χ2v) is 7.25. The molecule has 0 saturated carbocycles. The minimum Gasteiger partial charge on any atom is -0.352 e. The Bertz CT molecular complexity index is 777. The Hall–Kier alpha value is -2.28. The first kappa shape index (κ1) is 18.5. The van der Waals surface area contributed by atoms with Gasteiger partial charge in [-0.1, -0.05) is 28.9 Å². The normalized spacial score (nSPS) is 17.2. The van der Waals surface area contributed by atoms with Gasteiger partial charge in [-0.3, -0.25) is 4.68 Å². The van der Waals surface area contributed by atoms with Crippen LogP contribution >= 0.6 is 11.6 Å². The van der Waals surface area contributed by atoms with Crippen molar-refractivity contribution in [1.29, 1.82) is 0 Å². The minimum absolute atomic E-state index is 0.0661. The molecule has 1 fully saturated rings. The number of aryl methyl sites for hydroxylation is 2. The Morgan fingerprint density at radius 2 is 2.27 bits per heavy atom. The van der Waals surface area contributed by atoms with Crippen LogP contribution in [-0.2, 0) is 13.6 Å². The largest absolute Gasteiger partial charge is 0.352 e. The third-order valence-electron chi connectivity index (χ3n) is 4.85. The molecule has 0 radical (unpaired) electrons. The fourth-order valence-corrected chi connectivity index (χ4v) is 3.36. The highest BCUT2D eigenvalue weighted by Gasteiger charge is 2.27. The van der Waals surface area contributed by atoms with Crippen molar-refractivity contribution in [2.45, 2.75) is 32.4 Å². The topological polar surface area (TPSA) is 66.3 Å². The van der Waals surface area contributed by atoms with Crippen LogP contribution in [0.15, 0.2) is 24.4 Å². The number of urea groups is 1. The van der Waals surface area contributed by atoms with Gasteiger partial charge in [-0.15, -0.1) is 5.10 Å². The van der Waals surface area contributed by atoms with Gasteiger partial charge in [0, 0.05) is 38.8 Å². The number of aromatic nitrogens is 3. The van der Waals surface area contributed by atoms with Gasteiger partial charge in [0.25, 0.3) is 0 Å². The lowest BCUT2D eigenvalue weighted by atomic mass is 10.0. The van der Waals surface area contributed by atoms with Crippen molar-refractivity contribution in [3.05, 3.63) is 40.5 Å². The molecular weight excluding hydrogens is 352 g/mol. The fraction of sp³-hybridized carbons (Fsp3) is 0.500. The molecule has 26 heavy (non-hydrogen) atoms. The van der Waals surface area contributed by atoms with Crippen LogP contribution in [-0.4, -0.2) is 52.1 Å². The highest BCUT2D eigenvalue weighted by Crippen LogP contribution is 2.20. The van der Waals surface area contributed by atoms with Crippen LogP contribution < -0.4 is 10.2 Å². The average Bonchev–Trinajstić information content (AvgIpc) is 3.08.